The summed E-state index contributed by atoms with van der Waals surface area (Å²) in [5.41, 5.74) is 0.0802. The van der Waals surface area contributed by atoms with Gasteiger partial charge in [-0.05, 0) is 13.0 Å². The molecule has 1 aromatic rings. The summed E-state index contributed by atoms with van der Waals surface area (Å²) < 4.78 is 0. The summed E-state index contributed by atoms with van der Waals surface area (Å²) in [5.74, 6) is 0.473. The monoisotopic (exact) mass is 258 g/mol. The third kappa shape index (κ3) is 3.04. The van der Waals surface area contributed by atoms with Crippen molar-refractivity contribution in [3.63, 3.8) is 0 Å². The highest BCUT2D eigenvalue weighted by Gasteiger charge is 2.24. The summed E-state index contributed by atoms with van der Waals surface area (Å²) >= 11 is 0. The van der Waals surface area contributed by atoms with Crippen LogP contribution in [0.2, 0.25) is 0 Å². The van der Waals surface area contributed by atoms with E-state index < -0.39 is 0 Å². The van der Waals surface area contributed by atoms with Gasteiger partial charge in [-0.1, -0.05) is 0 Å². The van der Waals surface area contributed by atoms with Crippen molar-refractivity contribution in [1.82, 2.24) is 10.3 Å². The molecule has 0 saturated carbocycles. The van der Waals surface area contributed by atoms with Gasteiger partial charge in [-0.3, -0.25) is 10.1 Å². The van der Waals surface area contributed by atoms with Crippen molar-refractivity contribution in [2.24, 2.45) is 0 Å². The van der Waals surface area contributed by atoms with Gasteiger partial charge in [0.15, 0.2) is 0 Å². The molecule has 1 fully saturated rings. The number of nitrogens with zero attached hydrogens (tertiary/aromatic N) is 3. The van der Waals surface area contributed by atoms with E-state index in [0.29, 0.717) is 11.9 Å². The van der Waals surface area contributed by atoms with Crippen molar-refractivity contribution in [3.05, 3.63) is 28.4 Å². The van der Waals surface area contributed by atoms with Crippen LogP contribution in [0.5, 0.6) is 0 Å². The van der Waals surface area contributed by atoms with Crippen molar-refractivity contribution in [1.29, 1.82) is 0 Å². The minimum atomic E-state index is -0.380. The molecule has 1 atom stereocenters. The Labute approximate surface area is 106 Å². The Hall–Kier alpha value is -1.40. The average Bonchev–Trinajstić information content (AvgIpc) is 2.29. The van der Waals surface area contributed by atoms with Crippen LogP contribution in [0.3, 0.4) is 0 Å². The molecule has 1 unspecified atom stereocenters. The lowest BCUT2D eigenvalue weighted by Gasteiger charge is -2.32. The fourth-order valence-electron chi connectivity index (χ4n) is 1.90. The van der Waals surface area contributed by atoms with Crippen molar-refractivity contribution >= 4 is 23.9 Å². The van der Waals surface area contributed by atoms with Crippen LogP contribution in [0.1, 0.15) is 6.92 Å². The Morgan fingerprint density at radius 1 is 1.65 bits per heavy atom. The van der Waals surface area contributed by atoms with Gasteiger partial charge in [0.2, 0.25) is 5.82 Å². The molecule has 2 rings (SSSR count). The normalized spacial score (nSPS) is 19.6. The fraction of sp³-hybridized carbons (Fsp3) is 0.500. The molecule has 7 heteroatoms. The van der Waals surface area contributed by atoms with Crippen LogP contribution in [-0.4, -0.2) is 35.6 Å². The molecule has 1 aromatic heterocycles. The predicted octanol–water partition coefficient (Wildman–Crippen LogP) is 1.21. The number of nitrogens with one attached hydrogen (secondary N) is 1. The van der Waals surface area contributed by atoms with Crippen molar-refractivity contribution in [2.75, 3.05) is 24.5 Å². The second kappa shape index (κ2) is 5.79. The Bertz CT molecular complexity index is 402. The van der Waals surface area contributed by atoms with Crippen LogP contribution < -0.4 is 10.2 Å². The minimum Gasteiger partial charge on any atom is -0.348 e. The molecule has 1 aliphatic rings. The number of anilines is 1. The van der Waals surface area contributed by atoms with Gasteiger partial charge < -0.3 is 10.2 Å². The summed E-state index contributed by atoms with van der Waals surface area (Å²) in [6, 6.07) is 3.41. The Morgan fingerprint density at radius 3 is 3.06 bits per heavy atom. The second-order valence-corrected chi connectivity index (χ2v) is 3.90. The van der Waals surface area contributed by atoms with Crippen molar-refractivity contribution in [2.45, 2.75) is 13.0 Å². The quantitative estimate of drug-likeness (QED) is 0.638. The zero-order chi connectivity index (χ0) is 11.5. The molecule has 1 N–H and O–H groups in total. The van der Waals surface area contributed by atoms with Crippen LogP contribution in [0.25, 0.3) is 0 Å². The number of nitro groups is 1. The van der Waals surface area contributed by atoms with Crippen molar-refractivity contribution in [3.8, 4) is 0 Å². The van der Waals surface area contributed by atoms with E-state index in [1.54, 1.807) is 12.3 Å². The number of pyridine rings is 1. The largest absolute Gasteiger partial charge is 0.348 e. The topological polar surface area (TPSA) is 71.3 Å². The highest BCUT2D eigenvalue weighted by Crippen LogP contribution is 2.25. The number of halogens is 1. The van der Waals surface area contributed by atoms with Gasteiger partial charge in [0.1, 0.15) is 0 Å². The number of hydrogen-bond acceptors (Lipinski definition) is 5. The van der Waals surface area contributed by atoms with Crippen LogP contribution in [0.15, 0.2) is 18.3 Å². The highest BCUT2D eigenvalue weighted by atomic mass is 35.5. The number of piperazine rings is 1. The van der Waals surface area contributed by atoms with Crippen LogP contribution >= 0.6 is 12.4 Å². The average molecular weight is 259 g/mol. The predicted molar refractivity (Wildman–Crippen MR) is 67.8 cm³/mol. The van der Waals surface area contributed by atoms with E-state index in [2.05, 4.69) is 17.2 Å². The van der Waals surface area contributed by atoms with Crippen LogP contribution in [0, 0.1) is 10.1 Å². The second-order valence-electron chi connectivity index (χ2n) is 3.90. The highest BCUT2D eigenvalue weighted by molar-refractivity contribution is 5.85. The molecule has 0 radical (unpaired) electrons. The standard InChI is InChI=1S/C10H14N4O2.ClH/c1-8-7-13(6-5-11-8)10-9(14(15)16)3-2-4-12-10;/h2-4,8,11H,5-7H2,1H3;1H. The Balaban J connectivity index is 0.00000144. The van der Waals surface area contributed by atoms with E-state index >= 15 is 0 Å². The van der Waals surface area contributed by atoms with E-state index in [-0.39, 0.29) is 23.0 Å². The van der Waals surface area contributed by atoms with Gasteiger partial charge in [-0.25, -0.2) is 4.98 Å². The van der Waals surface area contributed by atoms with Gasteiger partial charge >= 0.3 is 5.69 Å². The van der Waals surface area contributed by atoms with E-state index in [0.717, 1.165) is 19.6 Å². The third-order valence-electron chi connectivity index (χ3n) is 2.63. The maximum atomic E-state index is 10.9. The fourth-order valence-corrected chi connectivity index (χ4v) is 1.90. The molecule has 1 aliphatic heterocycles. The lowest BCUT2D eigenvalue weighted by Crippen LogP contribution is -2.49. The molecule has 0 aliphatic carbocycles. The Kier molecular flexibility index (Phi) is 4.65. The summed E-state index contributed by atoms with van der Waals surface area (Å²) in [4.78, 5) is 16.6. The van der Waals surface area contributed by atoms with Gasteiger partial charge in [0.05, 0.1) is 4.92 Å². The van der Waals surface area contributed by atoms with E-state index in [1.165, 1.54) is 6.07 Å². The van der Waals surface area contributed by atoms with Gasteiger partial charge in [-0.2, -0.15) is 0 Å². The molecule has 94 valence electrons. The van der Waals surface area contributed by atoms with Crippen LogP contribution in [0.4, 0.5) is 11.5 Å². The lowest BCUT2D eigenvalue weighted by atomic mass is 10.2. The van der Waals surface area contributed by atoms with Crippen molar-refractivity contribution < 1.29 is 4.92 Å². The molecule has 1 saturated heterocycles. The molecule has 0 amide bonds. The molecular weight excluding hydrogens is 244 g/mol. The number of hydrogen-bond donors (Lipinski definition) is 1. The molecule has 2 heterocycles. The van der Waals surface area contributed by atoms with E-state index in [4.69, 9.17) is 0 Å². The maximum Gasteiger partial charge on any atom is 0.311 e. The molecule has 0 spiro atoms. The van der Waals surface area contributed by atoms with E-state index in [9.17, 15) is 10.1 Å². The lowest BCUT2D eigenvalue weighted by molar-refractivity contribution is -0.384. The zero-order valence-electron chi connectivity index (χ0n) is 9.50. The molecule has 6 nitrogen and oxygen atoms in total. The molecular formula is C10H15ClN4O2. The van der Waals surface area contributed by atoms with Gasteiger partial charge in [0, 0.05) is 37.9 Å². The molecule has 0 aromatic carbocycles. The van der Waals surface area contributed by atoms with E-state index in [1.807, 2.05) is 4.90 Å². The van der Waals surface area contributed by atoms with Gasteiger partial charge in [0.25, 0.3) is 0 Å². The first-order valence-corrected chi connectivity index (χ1v) is 5.26. The summed E-state index contributed by atoms with van der Waals surface area (Å²) in [6.45, 7) is 4.38. The first-order chi connectivity index (χ1) is 7.68. The van der Waals surface area contributed by atoms with Crippen LogP contribution in [-0.2, 0) is 0 Å². The first kappa shape index (κ1) is 13.7. The number of aromatic nitrogens is 1. The summed E-state index contributed by atoms with van der Waals surface area (Å²) in [7, 11) is 0. The minimum absolute atomic E-state index is 0. The maximum absolute atomic E-state index is 10.9. The third-order valence-corrected chi connectivity index (χ3v) is 2.63. The molecule has 17 heavy (non-hydrogen) atoms. The van der Waals surface area contributed by atoms with Gasteiger partial charge in [-0.15, -0.1) is 12.4 Å². The summed E-state index contributed by atoms with van der Waals surface area (Å²) in [6.07, 6.45) is 1.59. The first-order valence-electron chi connectivity index (χ1n) is 5.26. The Morgan fingerprint density at radius 2 is 2.41 bits per heavy atom. The molecule has 0 bridgehead atoms. The number of rotatable bonds is 2. The SMILES string of the molecule is CC1CN(c2ncccc2[N+](=O)[O-])CCN1.Cl. The summed E-state index contributed by atoms with van der Waals surface area (Å²) in [5, 5.41) is 14.2. The smallest absolute Gasteiger partial charge is 0.311 e. The zero-order valence-corrected chi connectivity index (χ0v) is 10.3.